The normalized spacial score (nSPS) is 25.6. The number of carboxylic acid groups (broad SMARTS) is 1. The lowest BCUT2D eigenvalue weighted by Gasteiger charge is -2.36. The molecule has 1 rings (SSSR count). The van der Waals surface area contributed by atoms with E-state index in [-0.39, 0.29) is 18.5 Å². The van der Waals surface area contributed by atoms with Crippen LogP contribution in [0.4, 0.5) is 0 Å². The van der Waals surface area contributed by atoms with Gasteiger partial charge in [-0.2, -0.15) is 0 Å². The van der Waals surface area contributed by atoms with Gasteiger partial charge < -0.3 is 9.84 Å². The van der Waals surface area contributed by atoms with Crippen molar-refractivity contribution in [1.29, 1.82) is 0 Å². The maximum Gasteiger partial charge on any atom is 0.305 e. The maximum absolute atomic E-state index is 11.3. The summed E-state index contributed by atoms with van der Waals surface area (Å²) in [5, 5.41) is 7.72. The number of carbonyl (C=O) groups excluding carboxylic acids is 1. The molecule has 0 saturated heterocycles. The van der Waals surface area contributed by atoms with E-state index in [1.807, 2.05) is 6.92 Å². The molecule has 0 heterocycles. The van der Waals surface area contributed by atoms with E-state index >= 15 is 0 Å². The zero-order valence-corrected chi connectivity index (χ0v) is 13.5. The first kappa shape index (κ1) is 18.9. The monoisotopic (exact) mass is 286 g/mol. The summed E-state index contributed by atoms with van der Waals surface area (Å²) in [6.07, 6.45) is 4.43. The van der Waals surface area contributed by atoms with E-state index in [1.54, 1.807) is 6.92 Å². The van der Waals surface area contributed by atoms with Gasteiger partial charge in [-0.25, -0.2) is 0 Å². The lowest BCUT2D eigenvalue weighted by atomic mass is 9.75. The molecule has 0 bridgehead atoms. The van der Waals surface area contributed by atoms with Gasteiger partial charge in [0, 0.05) is 12.8 Å². The second-order valence-electron chi connectivity index (χ2n) is 5.96. The van der Waals surface area contributed by atoms with Gasteiger partial charge in [-0.3, -0.25) is 9.59 Å². The van der Waals surface area contributed by atoms with Crippen molar-refractivity contribution in [2.24, 2.45) is 17.8 Å². The number of ether oxygens (including phenoxy) is 1. The first-order chi connectivity index (χ1) is 9.31. The van der Waals surface area contributed by atoms with E-state index in [1.165, 1.54) is 12.8 Å². The summed E-state index contributed by atoms with van der Waals surface area (Å²) in [6, 6.07) is 0. The molecule has 0 spiro atoms. The van der Waals surface area contributed by atoms with Crippen molar-refractivity contribution in [1.82, 2.24) is 0 Å². The quantitative estimate of drug-likeness (QED) is 0.796. The third kappa shape index (κ3) is 7.51. The predicted octanol–water partition coefficient (Wildman–Crippen LogP) is 3.88. The van der Waals surface area contributed by atoms with Crippen LogP contribution in [0.2, 0.25) is 0 Å². The number of hydrogen-bond donors (Lipinski definition) is 1. The number of esters is 1. The molecule has 3 atom stereocenters. The van der Waals surface area contributed by atoms with E-state index in [9.17, 15) is 9.59 Å². The Morgan fingerprint density at radius 2 is 1.75 bits per heavy atom. The van der Waals surface area contributed by atoms with Crippen molar-refractivity contribution in [3.63, 3.8) is 0 Å². The highest BCUT2D eigenvalue weighted by Crippen LogP contribution is 2.35. The Hall–Kier alpha value is -1.06. The minimum Gasteiger partial charge on any atom is -0.481 e. The molecule has 4 nitrogen and oxygen atoms in total. The van der Waals surface area contributed by atoms with E-state index in [0.717, 1.165) is 6.42 Å². The van der Waals surface area contributed by atoms with Crippen LogP contribution in [0.1, 0.15) is 66.7 Å². The van der Waals surface area contributed by atoms with Crippen molar-refractivity contribution in [2.45, 2.75) is 72.8 Å². The highest BCUT2D eigenvalue weighted by atomic mass is 16.5. The lowest BCUT2D eigenvalue weighted by molar-refractivity contribution is -0.155. The summed E-state index contributed by atoms with van der Waals surface area (Å²) in [7, 11) is 0. The second kappa shape index (κ2) is 9.78. The molecule has 1 N–H and O–H groups in total. The Labute approximate surface area is 122 Å². The fourth-order valence-electron chi connectivity index (χ4n) is 2.50. The van der Waals surface area contributed by atoms with Crippen LogP contribution in [0.15, 0.2) is 0 Å². The fraction of sp³-hybridized carbons (Fsp3) is 0.875. The summed E-state index contributed by atoms with van der Waals surface area (Å²) in [6.45, 7) is 10.2. The van der Waals surface area contributed by atoms with Gasteiger partial charge in [-0.05, 0) is 30.6 Å². The predicted molar refractivity (Wildman–Crippen MR) is 79.4 cm³/mol. The first-order valence-corrected chi connectivity index (χ1v) is 7.72. The van der Waals surface area contributed by atoms with Gasteiger partial charge in [0.05, 0.1) is 0 Å². The van der Waals surface area contributed by atoms with Crippen LogP contribution in [0.3, 0.4) is 0 Å². The van der Waals surface area contributed by atoms with Crippen molar-refractivity contribution in [2.75, 3.05) is 0 Å². The Balaban J connectivity index is 0.000000621. The van der Waals surface area contributed by atoms with Crippen LogP contribution >= 0.6 is 0 Å². The molecule has 0 aromatic heterocycles. The van der Waals surface area contributed by atoms with E-state index in [0.29, 0.717) is 24.2 Å². The lowest BCUT2D eigenvalue weighted by Crippen LogP contribution is -2.35. The molecule has 20 heavy (non-hydrogen) atoms. The van der Waals surface area contributed by atoms with Crippen molar-refractivity contribution in [3.8, 4) is 0 Å². The van der Waals surface area contributed by atoms with Gasteiger partial charge in [0.25, 0.3) is 0 Å². The summed E-state index contributed by atoms with van der Waals surface area (Å²) < 4.78 is 5.55. The summed E-state index contributed by atoms with van der Waals surface area (Å²) in [4.78, 5) is 20.7. The van der Waals surface area contributed by atoms with E-state index < -0.39 is 5.97 Å². The molecule has 0 amide bonds. The summed E-state index contributed by atoms with van der Waals surface area (Å²) in [5.74, 6) is 1.10. The molecule has 0 radical (unpaired) electrons. The number of rotatable bonds is 4. The van der Waals surface area contributed by atoms with Crippen molar-refractivity contribution in [3.05, 3.63) is 0 Å². The standard InChI is InChI=1S/C13H24O2.C3H6O2/c1-5-13(14)15-12-8-10(4)6-7-11(12)9(2)3;1-2-3(4)5/h9-12H,5-8H2,1-4H3;2H2,1H3,(H,4,5)/t10?,11-,12?;/m0./s1. The zero-order valence-electron chi connectivity index (χ0n) is 13.5. The Morgan fingerprint density at radius 1 is 1.20 bits per heavy atom. The number of carboxylic acids is 1. The van der Waals surface area contributed by atoms with Crippen LogP contribution in [-0.2, 0) is 14.3 Å². The Kier molecular flexibility index (Phi) is 9.26. The SMILES string of the molecule is CCC(=O)O.CCC(=O)OC1CC(C)CC[C@H]1C(C)C. The number of carbonyl (C=O) groups is 2. The highest BCUT2D eigenvalue weighted by Gasteiger charge is 2.32. The average Bonchev–Trinajstić information content (AvgIpc) is 2.38. The summed E-state index contributed by atoms with van der Waals surface area (Å²) >= 11 is 0. The topological polar surface area (TPSA) is 63.6 Å². The molecule has 1 aliphatic rings. The zero-order chi connectivity index (χ0) is 15.7. The van der Waals surface area contributed by atoms with Gasteiger partial charge in [0.15, 0.2) is 0 Å². The first-order valence-electron chi connectivity index (χ1n) is 7.72. The fourth-order valence-corrected chi connectivity index (χ4v) is 2.50. The van der Waals surface area contributed by atoms with Crippen LogP contribution < -0.4 is 0 Å². The van der Waals surface area contributed by atoms with Gasteiger partial charge in [-0.1, -0.05) is 41.0 Å². The molecule has 0 aromatic carbocycles. The van der Waals surface area contributed by atoms with Crippen molar-refractivity contribution < 1.29 is 19.4 Å². The van der Waals surface area contributed by atoms with E-state index in [2.05, 4.69) is 20.8 Å². The largest absolute Gasteiger partial charge is 0.481 e. The van der Waals surface area contributed by atoms with Crippen molar-refractivity contribution >= 4 is 11.9 Å². The summed E-state index contributed by atoms with van der Waals surface area (Å²) in [5.41, 5.74) is 0. The average molecular weight is 286 g/mol. The maximum atomic E-state index is 11.3. The third-order valence-corrected chi connectivity index (χ3v) is 3.84. The van der Waals surface area contributed by atoms with Crippen LogP contribution in [0, 0.1) is 17.8 Å². The molecule has 1 saturated carbocycles. The minimum atomic E-state index is -0.745. The molecule has 118 valence electrons. The minimum absolute atomic E-state index is 0.0419. The second-order valence-corrected chi connectivity index (χ2v) is 5.96. The van der Waals surface area contributed by atoms with Gasteiger partial charge in [-0.15, -0.1) is 0 Å². The molecule has 0 aliphatic heterocycles. The molecule has 2 unspecified atom stereocenters. The third-order valence-electron chi connectivity index (χ3n) is 3.84. The van der Waals surface area contributed by atoms with Gasteiger partial charge in [0.2, 0.25) is 0 Å². The van der Waals surface area contributed by atoms with E-state index in [4.69, 9.17) is 9.84 Å². The van der Waals surface area contributed by atoms with Gasteiger partial charge in [0.1, 0.15) is 6.10 Å². The van der Waals surface area contributed by atoms with Crippen LogP contribution in [0.25, 0.3) is 0 Å². The molecule has 1 fully saturated rings. The Bertz CT molecular complexity index is 299. The number of aliphatic carboxylic acids is 1. The molecular formula is C16H30O4. The number of hydrogen-bond acceptors (Lipinski definition) is 3. The smallest absolute Gasteiger partial charge is 0.305 e. The van der Waals surface area contributed by atoms with Gasteiger partial charge >= 0.3 is 11.9 Å². The molecule has 1 aliphatic carbocycles. The molecular weight excluding hydrogens is 256 g/mol. The van der Waals surface area contributed by atoms with Crippen LogP contribution in [0.5, 0.6) is 0 Å². The van der Waals surface area contributed by atoms with Crippen LogP contribution in [-0.4, -0.2) is 23.1 Å². The molecule has 0 aromatic rings. The highest BCUT2D eigenvalue weighted by molar-refractivity contribution is 5.69. The Morgan fingerprint density at radius 3 is 2.15 bits per heavy atom. The molecule has 4 heteroatoms.